The summed E-state index contributed by atoms with van der Waals surface area (Å²) in [5.41, 5.74) is 5.57. The Morgan fingerprint density at radius 1 is 1.47 bits per heavy atom. The Bertz CT molecular complexity index is 286. The van der Waals surface area contributed by atoms with Crippen molar-refractivity contribution in [1.29, 1.82) is 0 Å². The molecule has 1 atom stereocenters. The van der Waals surface area contributed by atoms with Crippen LogP contribution in [0, 0.1) is 0 Å². The van der Waals surface area contributed by atoms with Crippen molar-refractivity contribution in [3.63, 3.8) is 0 Å². The van der Waals surface area contributed by atoms with Gasteiger partial charge in [0.15, 0.2) is 0 Å². The second-order valence-corrected chi connectivity index (χ2v) is 5.85. The highest BCUT2D eigenvalue weighted by Crippen LogP contribution is 2.00. The van der Waals surface area contributed by atoms with E-state index in [0.29, 0.717) is 19.4 Å². The van der Waals surface area contributed by atoms with Crippen LogP contribution in [0.5, 0.6) is 0 Å². The first-order valence-electron chi connectivity index (χ1n) is 4.82. The number of hydrogen-bond acceptors (Lipinski definition) is 5. The normalized spacial score (nSPS) is 13.8. The van der Waals surface area contributed by atoms with Gasteiger partial charge in [-0.2, -0.15) is 0 Å². The molecule has 0 aromatic rings. The molecule has 0 spiro atoms. The van der Waals surface area contributed by atoms with Gasteiger partial charge in [-0.1, -0.05) is 0 Å². The summed E-state index contributed by atoms with van der Waals surface area (Å²) in [6, 6.07) is -0.537. The number of rotatable bonds is 8. The maximum atomic E-state index is 11.4. The van der Waals surface area contributed by atoms with Crippen LogP contribution in [0.15, 0.2) is 0 Å². The maximum Gasteiger partial charge on any atom is 0.149 e. The van der Waals surface area contributed by atoms with Crippen molar-refractivity contribution in [3.8, 4) is 0 Å². The predicted octanol–water partition coefficient (Wildman–Crippen LogP) is -0.256. The number of carbonyl (C=O) groups is 1. The summed E-state index contributed by atoms with van der Waals surface area (Å²) in [6.45, 7) is 0.443. The molecule has 6 heteroatoms. The fourth-order valence-electron chi connectivity index (χ4n) is 1.10. The third-order valence-electron chi connectivity index (χ3n) is 1.98. The van der Waals surface area contributed by atoms with Gasteiger partial charge in [-0.3, -0.25) is 4.79 Å². The highest BCUT2D eigenvalue weighted by atomic mass is 32.2. The molecule has 15 heavy (non-hydrogen) atoms. The number of sulfone groups is 1. The lowest BCUT2D eigenvalue weighted by atomic mass is 10.1. The van der Waals surface area contributed by atoms with Gasteiger partial charge in [-0.15, -0.1) is 0 Å². The van der Waals surface area contributed by atoms with E-state index in [9.17, 15) is 13.2 Å². The number of hydrogen-bond donors (Lipinski definition) is 1. The summed E-state index contributed by atoms with van der Waals surface area (Å²) in [7, 11) is -1.44. The van der Waals surface area contributed by atoms with Crippen LogP contribution in [0.25, 0.3) is 0 Å². The Morgan fingerprint density at radius 3 is 2.53 bits per heavy atom. The fourth-order valence-corrected chi connectivity index (χ4v) is 1.77. The molecule has 5 nitrogen and oxygen atoms in total. The predicted molar refractivity (Wildman–Crippen MR) is 58.4 cm³/mol. The molecule has 0 bridgehead atoms. The minimum absolute atomic E-state index is 0.0374. The van der Waals surface area contributed by atoms with Crippen LogP contribution < -0.4 is 5.73 Å². The van der Waals surface area contributed by atoms with Crippen molar-refractivity contribution in [3.05, 3.63) is 0 Å². The lowest BCUT2D eigenvalue weighted by Crippen LogP contribution is -2.31. The number of Topliss-reactive ketones (excluding diaryl/α,β-unsaturated/α-hetero) is 1. The van der Waals surface area contributed by atoms with Crippen molar-refractivity contribution >= 4 is 15.6 Å². The summed E-state index contributed by atoms with van der Waals surface area (Å²) in [6.07, 6.45) is 2.20. The maximum absolute atomic E-state index is 11.4. The highest BCUT2D eigenvalue weighted by Gasteiger charge is 2.13. The van der Waals surface area contributed by atoms with Gasteiger partial charge in [-0.25, -0.2) is 8.42 Å². The molecule has 0 amide bonds. The van der Waals surface area contributed by atoms with Gasteiger partial charge >= 0.3 is 0 Å². The minimum atomic E-state index is -2.98. The molecule has 0 aliphatic rings. The van der Waals surface area contributed by atoms with Crippen molar-refractivity contribution in [2.24, 2.45) is 5.73 Å². The van der Waals surface area contributed by atoms with Gasteiger partial charge in [-0.05, 0) is 12.8 Å². The number of ether oxygens (including phenoxy) is 1. The zero-order chi connectivity index (χ0) is 11.9. The van der Waals surface area contributed by atoms with Crippen molar-refractivity contribution in [1.82, 2.24) is 0 Å². The van der Waals surface area contributed by atoms with Crippen LogP contribution in [-0.4, -0.2) is 46.0 Å². The minimum Gasteiger partial charge on any atom is -0.385 e. The third-order valence-corrected chi connectivity index (χ3v) is 3.02. The summed E-state index contributed by atoms with van der Waals surface area (Å²) in [5.74, 6) is -0.0638. The number of carbonyl (C=O) groups excluding carboxylic acids is 1. The lowest BCUT2D eigenvalue weighted by Gasteiger charge is -2.09. The Labute approximate surface area is 90.9 Å². The van der Waals surface area contributed by atoms with E-state index in [0.717, 1.165) is 6.26 Å². The zero-order valence-electron chi connectivity index (χ0n) is 9.23. The Morgan fingerprint density at radius 2 is 2.07 bits per heavy atom. The van der Waals surface area contributed by atoms with Gasteiger partial charge in [0, 0.05) is 26.4 Å². The van der Waals surface area contributed by atoms with Gasteiger partial charge in [0.1, 0.15) is 15.6 Å². The molecule has 0 fully saturated rings. The molecule has 0 aliphatic heterocycles. The topological polar surface area (TPSA) is 86.5 Å². The molecular formula is C9H19NO4S. The third kappa shape index (κ3) is 8.53. The van der Waals surface area contributed by atoms with E-state index >= 15 is 0 Å². The van der Waals surface area contributed by atoms with Crippen LogP contribution in [0.1, 0.15) is 19.3 Å². The summed E-state index contributed by atoms with van der Waals surface area (Å²) in [4.78, 5) is 11.4. The van der Waals surface area contributed by atoms with Crippen molar-refractivity contribution in [2.75, 3.05) is 25.7 Å². The van der Waals surface area contributed by atoms with Crippen LogP contribution in [0.4, 0.5) is 0 Å². The average molecular weight is 237 g/mol. The standard InChI is InChI=1S/C9H19NO4S/c1-14-6-5-8(10)9(11)4-3-7-15(2,12)13/h8H,3-7,10H2,1-2H3. The van der Waals surface area contributed by atoms with E-state index in [1.165, 1.54) is 0 Å². The molecule has 90 valence electrons. The van der Waals surface area contributed by atoms with E-state index in [2.05, 4.69) is 0 Å². The second kappa shape index (κ2) is 6.92. The molecule has 0 saturated heterocycles. The van der Waals surface area contributed by atoms with Gasteiger partial charge in [0.05, 0.1) is 11.8 Å². The Balaban J connectivity index is 3.74. The zero-order valence-corrected chi connectivity index (χ0v) is 10.0. The summed E-state index contributed by atoms with van der Waals surface area (Å²) in [5, 5.41) is 0. The smallest absolute Gasteiger partial charge is 0.149 e. The number of ketones is 1. The molecular weight excluding hydrogens is 218 g/mol. The van der Waals surface area contributed by atoms with Gasteiger partial charge in [0.2, 0.25) is 0 Å². The van der Waals surface area contributed by atoms with Crippen LogP contribution in [0.2, 0.25) is 0 Å². The molecule has 0 radical (unpaired) electrons. The summed E-state index contributed by atoms with van der Waals surface area (Å²) >= 11 is 0. The first kappa shape index (κ1) is 14.5. The Hall–Kier alpha value is -0.460. The van der Waals surface area contributed by atoms with E-state index in [4.69, 9.17) is 10.5 Å². The summed E-state index contributed by atoms with van der Waals surface area (Å²) < 4.78 is 26.4. The van der Waals surface area contributed by atoms with Gasteiger partial charge in [0.25, 0.3) is 0 Å². The Kier molecular flexibility index (Phi) is 6.71. The van der Waals surface area contributed by atoms with Crippen molar-refractivity contribution < 1.29 is 17.9 Å². The fraction of sp³-hybridized carbons (Fsp3) is 0.889. The highest BCUT2D eigenvalue weighted by molar-refractivity contribution is 7.90. The molecule has 0 heterocycles. The van der Waals surface area contributed by atoms with Crippen molar-refractivity contribution in [2.45, 2.75) is 25.3 Å². The quantitative estimate of drug-likeness (QED) is 0.628. The molecule has 0 aliphatic carbocycles. The van der Waals surface area contributed by atoms with E-state index in [-0.39, 0.29) is 18.0 Å². The van der Waals surface area contributed by atoms with E-state index in [1.807, 2.05) is 0 Å². The molecule has 0 aromatic carbocycles. The lowest BCUT2D eigenvalue weighted by molar-refractivity contribution is -0.120. The van der Waals surface area contributed by atoms with E-state index < -0.39 is 15.9 Å². The molecule has 1 unspecified atom stereocenters. The first-order chi connectivity index (χ1) is 6.87. The van der Waals surface area contributed by atoms with Gasteiger partial charge < -0.3 is 10.5 Å². The second-order valence-electron chi connectivity index (χ2n) is 3.59. The number of nitrogens with two attached hydrogens (primary N) is 1. The molecule has 0 rings (SSSR count). The van der Waals surface area contributed by atoms with Crippen LogP contribution in [-0.2, 0) is 19.4 Å². The molecule has 0 saturated carbocycles. The van der Waals surface area contributed by atoms with E-state index in [1.54, 1.807) is 7.11 Å². The number of methoxy groups -OCH3 is 1. The molecule has 2 N–H and O–H groups in total. The SMILES string of the molecule is COCCC(N)C(=O)CCCS(C)(=O)=O. The average Bonchev–Trinajstić information content (AvgIpc) is 2.11. The first-order valence-corrected chi connectivity index (χ1v) is 6.88. The molecule has 0 aromatic heterocycles. The van der Waals surface area contributed by atoms with Crippen LogP contribution >= 0.6 is 0 Å². The van der Waals surface area contributed by atoms with Crippen LogP contribution in [0.3, 0.4) is 0 Å². The largest absolute Gasteiger partial charge is 0.385 e. The monoisotopic (exact) mass is 237 g/mol.